The number of nitrogens with zero attached hydrogens (tertiary/aromatic N) is 1. The van der Waals surface area contributed by atoms with Crippen molar-refractivity contribution in [2.24, 2.45) is 0 Å². The fraction of sp³-hybridized carbons (Fsp3) is 0.579. The molecule has 1 aliphatic rings. The Hall–Kier alpha value is -2.25. The van der Waals surface area contributed by atoms with Crippen LogP contribution in [0.1, 0.15) is 44.1 Å². The number of benzene rings is 1. The minimum absolute atomic E-state index is 0.0703. The van der Waals surface area contributed by atoms with Gasteiger partial charge in [0, 0.05) is 32.5 Å². The Morgan fingerprint density at radius 3 is 2.74 bits per heavy atom. The van der Waals surface area contributed by atoms with Gasteiger partial charge in [0.15, 0.2) is 0 Å². The fourth-order valence-corrected chi connectivity index (χ4v) is 3.04. The van der Waals surface area contributed by atoms with Crippen molar-refractivity contribution in [1.82, 2.24) is 10.2 Å². The van der Waals surface area contributed by atoms with Gasteiger partial charge in [-0.25, -0.2) is 0 Å². The maximum absolute atomic E-state index is 12.4. The summed E-state index contributed by atoms with van der Waals surface area (Å²) in [6.07, 6.45) is -0.272. The van der Waals surface area contributed by atoms with Gasteiger partial charge in [0.1, 0.15) is 5.75 Å². The summed E-state index contributed by atoms with van der Waals surface area (Å²) < 4.78 is 41.2. The lowest BCUT2D eigenvalue weighted by Gasteiger charge is -2.20. The molecule has 0 aliphatic carbocycles. The van der Waals surface area contributed by atoms with Crippen molar-refractivity contribution in [3.05, 3.63) is 29.8 Å². The number of ether oxygens (including phenoxy) is 1. The molecule has 8 heteroatoms. The van der Waals surface area contributed by atoms with Crippen LogP contribution in [0.2, 0.25) is 0 Å². The molecule has 0 unspecified atom stereocenters. The van der Waals surface area contributed by atoms with E-state index in [1.165, 1.54) is 18.2 Å². The second-order valence-corrected chi connectivity index (χ2v) is 6.55. The molecular weight excluding hydrogens is 361 g/mol. The number of aryl methyl sites for hydroxylation is 1. The Kier molecular flexibility index (Phi) is 7.94. The van der Waals surface area contributed by atoms with Gasteiger partial charge >= 0.3 is 6.36 Å². The molecule has 0 radical (unpaired) electrons. The van der Waals surface area contributed by atoms with E-state index in [4.69, 9.17) is 0 Å². The van der Waals surface area contributed by atoms with Gasteiger partial charge in [-0.2, -0.15) is 0 Å². The quantitative estimate of drug-likeness (QED) is 0.697. The summed E-state index contributed by atoms with van der Waals surface area (Å²) in [5.41, 5.74) is 0.333. The predicted molar refractivity (Wildman–Crippen MR) is 94.1 cm³/mol. The molecule has 27 heavy (non-hydrogen) atoms. The van der Waals surface area contributed by atoms with Gasteiger partial charge in [-0.1, -0.05) is 24.6 Å². The SMILES string of the molecule is O=C(CCc1ccccc1OC(F)(F)F)NCCCN1CCCCCC1=O. The Morgan fingerprint density at radius 2 is 1.96 bits per heavy atom. The molecule has 2 amide bonds. The van der Waals surface area contributed by atoms with E-state index in [1.54, 1.807) is 6.07 Å². The standard InChI is InChI=1S/C19H25F3N2O3/c20-19(21,22)27-16-8-4-3-7-15(16)10-11-17(25)23-12-6-14-24-13-5-1-2-9-18(24)26/h3-4,7-8H,1-2,5-6,9-14H2,(H,23,25). The van der Waals surface area contributed by atoms with Crippen molar-refractivity contribution in [2.45, 2.75) is 51.3 Å². The Bertz CT molecular complexity index is 635. The van der Waals surface area contributed by atoms with E-state index in [0.717, 1.165) is 25.8 Å². The highest BCUT2D eigenvalue weighted by Crippen LogP contribution is 2.26. The fourth-order valence-electron chi connectivity index (χ4n) is 3.04. The second-order valence-electron chi connectivity index (χ2n) is 6.55. The van der Waals surface area contributed by atoms with Crippen LogP contribution in [0, 0.1) is 0 Å². The monoisotopic (exact) mass is 386 g/mol. The van der Waals surface area contributed by atoms with Crippen LogP contribution >= 0.6 is 0 Å². The molecule has 0 aromatic heterocycles. The average molecular weight is 386 g/mol. The van der Waals surface area contributed by atoms with Crippen LogP contribution in [-0.4, -0.2) is 42.7 Å². The molecule has 0 bridgehead atoms. The summed E-state index contributed by atoms with van der Waals surface area (Å²) in [5.74, 6) is -0.350. The molecule has 1 fully saturated rings. The van der Waals surface area contributed by atoms with Crippen LogP contribution in [0.15, 0.2) is 24.3 Å². The minimum Gasteiger partial charge on any atom is -0.406 e. The number of para-hydroxylation sites is 1. The van der Waals surface area contributed by atoms with Crippen molar-refractivity contribution in [3.8, 4) is 5.75 Å². The molecule has 1 aromatic rings. The van der Waals surface area contributed by atoms with Crippen molar-refractivity contribution >= 4 is 11.8 Å². The molecular formula is C19H25F3N2O3. The molecule has 5 nitrogen and oxygen atoms in total. The van der Waals surface area contributed by atoms with Crippen LogP contribution in [0.25, 0.3) is 0 Å². The third-order valence-corrected chi connectivity index (χ3v) is 4.42. The number of carbonyl (C=O) groups excluding carboxylic acids is 2. The first-order valence-corrected chi connectivity index (χ1v) is 9.23. The average Bonchev–Trinajstić information content (AvgIpc) is 2.81. The normalized spacial score (nSPS) is 15.4. The molecule has 0 saturated carbocycles. The van der Waals surface area contributed by atoms with E-state index in [0.29, 0.717) is 31.5 Å². The Balaban J connectivity index is 1.70. The topological polar surface area (TPSA) is 58.6 Å². The van der Waals surface area contributed by atoms with Crippen LogP contribution in [0.4, 0.5) is 13.2 Å². The van der Waals surface area contributed by atoms with Gasteiger partial charge < -0.3 is 15.0 Å². The maximum atomic E-state index is 12.4. The number of halogens is 3. The lowest BCUT2D eigenvalue weighted by atomic mass is 10.1. The lowest BCUT2D eigenvalue weighted by molar-refractivity contribution is -0.274. The minimum atomic E-state index is -4.76. The largest absolute Gasteiger partial charge is 0.573 e. The summed E-state index contributed by atoms with van der Waals surface area (Å²) in [6, 6.07) is 5.81. The van der Waals surface area contributed by atoms with Crippen LogP contribution in [-0.2, 0) is 16.0 Å². The number of amides is 2. The van der Waals surface area contributed by atoms with Crippen LogP contribution in [0.3, 0.4) is 0 Å². The zero-order valence-electron chi connectivity index (χ0n) is 15.2. The first-order chi connectivity index (χ1) is 12.8. The lowest BCUT2D eigenvalue weighted by Crippen LogP contribution is -2.34. The third-order valence-electron chi connectivity index (χ3n) is 4.42. The van der Waals surface area contributed by atoms with Gasteiger partial charge in [-0.15, -0.1) is 13.2 Å². The van der Waals surface area contributed by atoms with Crippen molar-refractivity contribution in [2.75, 3.05) is 19.6 Å². The molecule has 1 aliphatic heterocycles. The number of likely N-dealkylation sites (tertiary alicyclic amines) is 1. The Morgan fingerprint density at radius 1 is 1.19 bits per heavy atom. The zero-order chi connectivity index (χ0) is 19.7. The Labute approximate surface area is 156 Å². The third kappa shape index (κ3) is 7.88. The van der Waals surface area contributed by atoms with E-state index in [9.17, 15) is 22.8 Å². The van der Waals surface area contributed by atoms with E-state index >= 15 is 0 Å². The van der Waals surface area contributed by atoms with E-state index in [-0.39, 0.29) is 30.4 Å². The number of alkyl halides is 3. The maximum Gasteiger partial charge on any atom is 0.573 e. The van der Waals surface area contributed by atoms with Gasteiger partial charge in [0.2, 0.25) is 11.8 Å². The highest BCUT2D eigenvalue weighted by molar-refractivity contribution is 5.77. The zero-order valence-corrected chi connectivity index (χ0v) is 15.2. The van der Waals surface area contributed by atoms with Crippen LogP contribution in [0.5, 0.6) is 5.75 Å². The highest BCUT2D eigenvalue weighted by Gasteiger charge is 2.31. The van der Waals surface area contributed by atoms with Crippen molar-refractivity contribution in [1.29, 1.82) is 0 Å². The van der Waals surface area contributed by atoms with Gasteiger partial charge in [-0.3, -0.25) is 9.59 Å². The summed E-state index contributed by atoms with van der Waals surface area (Å²) in [7, 11) is 0. The number of hydrogen-bond acceptors (Lipinski definition) is 3. The van der Waals surface area contributed by atoms with E-state index in [1.807, 2.05) is 4.90 Å². The molecule has 0 spiro atoms. The number of rotatable bonds is 8. The summed E-state index contributed by atoms with van der Waals surface area (Å²) >= 11 is 0. The molecule has 1 N–H and O–H groups in total. The first-order valence-electron chi connectivity index (χ1n) is 9.23. The second kappa shape index (κ2) is 10.2. The molecule has 0 atom stereocenters. The molecule has 1 aromatic carbocycles. The highest BCUT2D eigenvalue weighted by atomic mass is 19.4. The molecule has 1 heterocycles. The van der Waals surface area contributed by atoms with Crippen LogP contribution < -0.4 is 10.1 Å². The predicted octanol–water partition coefficient (Wildman–Crippen LogP) is 3.43. The summed E-state index contributed by atoms with van der Waals surface area (Å²) in [6.45, 7) is 1.81. The summed E-state index contributed by atoms with van der Waals surface area (Å²) in [5, 5.41) is 2.75. The van der Waals surface area contributed by atoms with E-state index in [2.05, 4.69) is 10.1 Å². The number of hydrogen-bond donors (Lipinski definition) is 1. The van der Waals surface area contributed by atoms with Gasteiger partial charge in [0.05, 0.1) is 0 Å². The van der Waals surface area contributed by atoms with Gasteiger partial charge in [0.25, 0.3) is 0 Å². The van der Waals surface area contributed by atoms with Crippen molar-refractivity contribution < 1.29 is 27.5 Å². The smallest absolute Gasteiger partial charge is 0.406 e. The molecule has 2 rings (SSSR count). The van der Waals surface area contributed by atoms with E-state index < -0.39 is 6.36 Å². The summed E-state index contributed by atoms with van der Waals surface area (Å²) in [4.78, 5) is 25.6. The first kappa shape index (κ1) is 21.1. The number of carbonyl (C=O) groups is 2. The van der Waals surface area contributed by atoms with Gasteiger partial charge in [-0.05, 0) is 37.3 Å². The molecule has 1 saturated heterocycles. The number of nitrogens with one attached hydrogen (secondary N) is 1. The van der Waals surface area contributed by atoms with Crippen molar-refractivity contribution in [3.63, 3.8) is 0 Å². The molecule has 150 valence electrons.